The van der Waals surface area contributed by atoms with Gasteiger partial charge in [-0.15, -0.1) is 0 Å². The minimum atomic E-state index is 0.606. The highest BCUT2D eigenvalue weighted by atomic mass is 16.5. The molecule has 3 nitrogen and oxygen atoms in total. The Kier molecular flexibility index (Phi) is 6.44. The number of ether oxygens (including phenoxy) is 1. The molecule has 0 aliphatic carbocycles. The van der Waals surface area contributed by atoms with Gasteiger partial charge in [-0.3, -0.25) is 0 Å². The predicted molar refractivity (Wildman–Crippen MR) is 92.2 cm³/mol. The fraction of sp³-hybridized carbons (Fsp3) is 0.368. The zero-order valence-corrected chi connectivity index (χ0v) is 13.8. The van der Waals surface area contributed by atoms with Crippen molar-refractivity contribution in [3.05, 3.63) is 65.2 Å². The normalized spacial score (nSPS) is 10.9. The molecule has 2 rings (SSSR count). The van der Waals surface area contributed by atoms with E-state index in [0.29, 0.717) is 6.61 Å². The molecule has 0 radical (unpaired) electrons. The first-order chi connectivity index (χ1) is 10.6. The fourth-order valence-corrected chi connectivity index (χ4v) is 2.16. The van der Waals surface area contributed by atoms with Crippen LogP contribution in [0.15, 0.2) is 48.5 Å². The number of benzene rings is 2. The van der Waals surface area contributed by atoms with Crippen molar-refractivity contribution < 1.29 is 4.74 Å². The van der Waals surface area contributed by atoms with Gasteiger partial charge in [-0.25, -0.2) is 0 Å². The molecule has 0 unspecified atom stereocenters. The quantitative estimate of drug-likeness (QED) is 0.757. The maximum atomic E-state index is 5.99. The third-order valence-corrected chi connectivity index (χ3v) is 3.54. The maximum absolute atomic E-state index is 5.99. The molecule has 0 bridgehead atoms. The molecule has 0 amide bonds. The monoisotopic (exact) mass is 298 g/mol. The summed E-state index contributed by atoms with van der Waals surface area (Å²) in [5, 5.41) is 3.46. The van der Waals surface area contributed by atoms with Gasteiger partial charge in [0.1, 0.15) is 12.4 Å². The van der Waals surface area contributed by atoms with E-state index in [1.54, 1.807) is 0 Å². The van der Waals surface area contributed by atoms with Crippen molar-refractivity contribution in [2.75, 3.05) is 27.2 Å². The molecule has 0 atom stereocenters. The number of likely N-dealkylation sites (N-methyl/N-ethyl adjacent to an activating group) is 1. The second kappa shape index (κ2) is 8.57. The molecule has 3 heteroatoms. The summed E-state index contributed by atoms with van der Waals surface area (Å²) in [6.45, 7) is 5.54. The van der Waals surface area contributed by atoms with E-state index in [1.165, 1.54) is 16.7 Å². The maximum Gasteiger partial charge on any atom is 0.124 e. The van der Waals surface area contributed by atoms with Crippen LogP contribution >= 0.6 is 0 Å². The Labute approximate surface area is 133 Å². The third kappa shape index (κ3) is 5.51. The van der Waals surface area contributed by atoms with Gasteiger partial charge < -0.3 is 15.0 Å². The van der Waals surface area contributed by atoms with E-state index in [4.69, 9.17) is 4.74 Å². The fourth-order valence-electron chi connectivity index (χ4n) is 2.16. The van der Waals surface area contributed by atoms with E-state index >= 15 is 0 Å². The summed E-state index contributed by atoms with van der Waals surface area (Å²) < 4.78 is 5.99. The molecule has 0 aromatic heterocycles. The molecular formula is C19H26N2O. The number of rotatable bonds is 8. The number of para-hydroxylation sites is 1. The second-order valence-electron chi connectivity index (χ2n) is 5.86. The van der Waals surface area contributed by atoms with Crippen molar-refractivity contribution in [2.24, 2.45) is 0 Å². The van der Waals surface area contributed by atoms with Gasteiger partial charge in [-0.1, -0.05) is 48.0 Å². The van der Waals surface area contributed by atoms with E-state index in [-0.39, 0.29) is 0 Å². The van der Waals surface area contributed by atoms with Crippen molar-refractivity contribution in [3.63, 3.8) is 0 Å². The van der Waals surface area contributed by atoms with Crippen molar-refractivity contribution >= 4 is 0 Å². The zero-order chi connectivity index (χ0) is 15.8. The first kappa shape index (κ1) is 16.5. The van der Waals surface area contributed by atoms with Gasteiger partial charge in [0, 0.05) is 25.2 Å². The summed E-state index contributed by atoms with van der Waals surface area (Å²) in [6, 6.07) is 16.7. The van der Waals surface area contributed by atoms with Crippen LogP contribution in [0.3, 0.4) is 0 Å². The van der Waals surface area contributed by atoms with Crippen LogP contribution in [-0.2, 0) is 13.2 Å². The van der Waals surface area contributed by atoms with Crippen LogP contribution in [0.4, 0.5) is 0 Å². The highest BCUT2D eigenvalue weighted by molar-refractivity contribution is 5.33. The molecule has 0 saturated carbocycles. The Hall–Kier alpha value is -1.84. The molecule has 0 heterocycles. The molecule has 1 N–H and O–H groups in total. The second-order valence-corrected chi connectivity index (χ2v) is 5.86. The predicted octanol–water partition coefficient (Wildman–Crippen LogP) is 3.23. The zero-order valence-electron chi connectivity index (χ0n) is 13.8. The third-order valence-electron chi connectivity index (χ3n) is 3.54. The van der Waals surface area contributed by atoms with Gasteiger partial charge in [-0.2, -0.15) is 0 Å². The molecule has 22 heavy (non-hydrogen) atoms. The molecule has 0 saturated heterocycles. The number of nitrogens with zero attached hydrogens (tertiary/aromatic N) is 1. The molecule has 0 aliphatic heterocycles. The first-order valence-corrected chi connectivity index (χ1v) is 7.77. The summed E-state index contributed by atoms with van der Waals surface area (Å²) >= 11 is 0. The van der Waals surface area contributed by atoms with Gasteiger partial charge >= 0.3 is 0 Å². The van der Waals surface area contributed by atoms with Crippen molar-refractivity contribution in [3.8, 4) is 5.75 Å². The molecule has 0 aliphatic rings. The summed E-state index contributed by atoms with van der Waals surface area (Å²) in [5.41, 5.74) is 3.67. The Morgan fingerprint density at radius 1 is 1.00 bits per heavy atom. The topological polar surface area (TPSA) is 24.5 Å². The average molecular weight is 298 g/mol. The van der Waals surface area contributed by atoms with E-state index in [2.05, 4.69) is 67.6 Å². The lowest BCUT2D eigenvalue weighted by Crippen LogP contribution is -2.26. The van der Waals surface area contributed by atoms with Crippen LogP contribution in [-0.4, -0.2) is 32.1 Å². The highest BCUT2D eigenvalue weighted by Gasteiger charge is 2.03. The molecule has 2 aromatic rings. The van der Waals surface area contributed by atoms with Crippen molar-refractivity contribution in [1.29, 1.82) is 0 Å². The SMILES string of the molecule is Cc1ccc(COc2ccccc2CNCCN(C)C)cc1. The lowest BCUT2D eigenvalue weighted by atomic mass is 10.1. The Morgan fingerprint density at radius 2 is 1.73 bits per heavy atom. The van der Waals surface area contributed by atoms with Crippen molar-refractivity contribution in [2.45, 2.75) is 20.1 Å². The number of aryl methyl sites for hydroxylation is 1. The Bertz CT molecular complexity index is 564. The lowest BCUT2D eigenvalue weighted by molar-refractivity contribution is 0.301. The number of nitrogens with one attached hydrogen (secondary N) is 1. The van der Waals surface area contributed by atoms with Gasteiger partial charge in [0.2, 0.25) is 0 Å². The van der Waals surface area contributed by atoms with Crippen LogP contribution in [0.2, 0.25) is 0 Å². The van der Waals surface area contributed by atoms with E-state index in [0.717, 1.165) is 25.4 Å². The summed E-state index contributed by atoms with van der Waals surface area (Å²) in [4.78, 5) is 2.17. The minimum Gasteiger partial charge on any atom is -0.489 e. The van der Waals surface area contributed by atoms with Gasteiger partial charge in [0.05, 0.1) is 0 Å². The standard InChI is InChI=1S/C19H26N2O/c1-16-8-10-17(11-9-16)15-22-19-7-5-4-6-18(19)14-20-12-13-21(2)3/h4-11,20H,12-15H2,1-3H3. The van der Waals surface area contributed by atoms with Crippen LogP contribution in [0, 0.1) is 6.92 Å². The van der Waals surface area contributed by atoms with Crippen LogP contribution in [0.25, 0.3) is 0 Å². The van der Waals surface area contributed by atoms with Gasteiger partial charge in [0.25, 0.3) is 0 Å². The lowest BCUT2D eigenvalue weighted by Gasteiger charge is -2.14. The average Bonchev–Trinajstić information content (AvgIpc) is 2.52. The Balaban J connectivity index is 1.89. The van der Waals surface area contributed by atoms with Crippen LogP contribution in [0.1, 0.15) is 16.7 Å². The number of hydrogen-bond donors (Lipinski definition) is 1. The molecule has 118 valence electrons. The number of hydrogen-bond acceptors (Lipinski definition) is 3. The van der Waals surface area contributed by atoms with Crippen LogP contribution in [0.5, 0.6) is 5.75 Å². The minimum absolute atomic E-state index is 0.606. The Morgan fingerprint density at radius 3 is 2.45 bits per heavy atom. The first-order valence-electron chi connectivity index (χ1n) is 7.77. The molecule has 2 aromatic carbocycles. The summed E-state index contributed by atoms with van der Waals surface area (Å²) in [6.07, 6.45) is 0. The molecular weight excluding hydrogens is 272 g/mol. The van der Waals surface area contributed by atoms with Crippen LogP contribution < -0.4 is 10.1 Å². The largest absolute Gasteiger partial charge is 0.489 e. The smallest absolute Gasteiger partial charge is 0.124 e. The van der Waals surface area contributed by atoms with Gasteiger partial charge in [0.15, 0.2) is 0 Å². The molecule has 0 spiro atoms. The highest BCUT2D eigenvalue weighted by Crippen LogP contribution is 2.19. The summed E-state index contributed by atoms with van der Waals surface area (Å²) in [5.74, 6) is 0.959. The van der Waals surface area contributed by atoms with E-state index in [1.807, 2.05) is 12.1 Å². The van der Waals surface area contributed by atoms with E-state index in [9.17, 15) is 0 Å². The van der Waals surface area contributed by atoms with Gasteiger partial charge in [-0.05, 0) is 32.6 Å². The van der Waals surface area contributed by atoms with Crippen molar-refractivity contribution in [1.82, 2.24) is 10.2 Å². The van der Waals surface area contributed by atoms with E-state index < -0.39 is 0 Å². The summed E-state index contributed by atoms with van der Waals surface area (Å²) in [7, 11) is 4.17. The molecule has 0 fully saturated rings.